The monoisotopic (exact) mass is 847 g/mol. The number of esters is 1. The van der Waals surface area contributed by atoms with Crippen molar-refractivity contribution in [1.29, 1.82) is 0 Å². The quantitative estimate of drug-likeness (QED) is 0.173. The van der Waals surface area contributed by atoms with E-state index in [9.17, 15) is 36.4 Å². The number of Topliss-reactive ketones (excluding diaryl/α,β-unsaturated/α-hetero) is 1. The molecule has 2 aliphatic heterocycles. The van der Waals surface area contributed by atoms with E-state index in [0.29, 0.717) is 49.3 Å². The molecule has 2 saturated carbocycles. The number of hydrogen-bond acceptors (Lipinski definition) is 10. The van der Waals surface area contributed by atoms with Crippen LogP contribution in [0.5, 0.6) is 11.6 Å². The SMILES string of the molecule is CCOc1cc2ccnc(O[C@@H]3C[C@H]4C(=O)C[C@]5(C(=O)NS(=O)(=O)C6(C)CC6)C[C@H]5/C=C\CC[C@@H](C)C[C@@H](CC)[C@H](CC(=O)OC(C)(C)C(F)F)C(=O)N4C3)c2cc1F. The summed E-state index contributed by atoms with van der Waals surface area (Å²) in [6, 6.07) is 3.25. The average Bonchev–Trinajstić information content (AvgIpc) is 4.05. The Kier molecular flexibility index (Phi) is 12.8. The van der Waals surface area contributed by atoms with Crippen molar-refractivity contribution in [1.82, 2.24) is 14.6 Å². The molecule has 6 rings (SSSR count). The number of sulfonamides is 1. The lowest BCUT2D eigenvalue weighted by atomic mass is 9.79. The van der Waals surface area contributed by atoms with Gasteiger partial charge in [-0.05, 0) is 108 Å². The van der Waals surface area contributed by atoms with E-state index in [-0.39, 0.29) is 50.0 Å². The zero-order valence-electron chi connectivity index (χ0n) is 34.6. The van der Waals surface area contributed by atoms with Gasteiger partial charge in [-0.15, -0.1) is 0 Å². The van der Waals surface area contributed by atoms with E-state index in [4.69, 9.17) is 14.2 Å². The maximum absolute atomic E-state index is 15.1. The Balaban J connectivity index is 1.37. The summed E-state index contributed by atoms with van der Waals surface area (Å²) >= 11 is 0. The highest BCUT2D eigenvalue weighted by molar-refractivity contribution is 7.91. The molecule has 7 atom stereocenters. The molecule has 3 heterocycles. The standard InChI is InChI=1S/C43H56F3N3O9S/c1-7-26-17-25(3)11-9-10-12-28-22-43(28,40(53)48-59(54,55)42(6)14-15-42)23-34(50)33-19-29(24-49(33)38(52)31(26)21-36(51)58-41(4,5)39(45)46)57-37-30-20-32(44)35(56-8-2)18-27(30)13-16-47-37/h10,12-13,16,18,20,25-26,28-29,31,33,39H,7-9,11,14-15,17,19,21-24H2,1-6H3,(H,48,53)/b12-10-/t25-,26-,28-,29-,31+,33+,43-/m1/s1. The highest BCUT2D eigenvalue weighted by Crippen LogP contribution is 2.58. The Hall–Kier alpha value is -4.21. The van der Waals surface area contributed by atoms with Crippen molar-refractivity contribution < 1.29 is 55.0 Å². The average molecular weight is 848 g/mol. The minimum absolute atomic E-state index is 0.0478. The summed E-state index contributed by atoms with van der Waals surface area (Å²) in [5.74, 6) is -5.18. The minimum Gasteiger partial charge on any atom is -0.491 e. The van der Waals surface area contributed by atoms with Crippen LogP contribution in [0.2, 0.25) is 0 Å². The number of nitrogens with zero attached hydrogens (tertiary/aromatic N) is 2. The third kappa shape index (κ3) is 9.42. The van der Waals surface area contributed by atoms with Gasteiger partial charge in [0.25, 0.3) is 6.43 Å². The molecule has 0 radical (unpaired) electrons. The topological polar surface area (TPSA) is 158 Å². The number of benzene rings is 1. The van der Waals surface area contributed by atoms with Crippen molar-refractivity contribution >= 4 is 44.4 Å². The molecule has 2 aliphatic carbocycles. The first-order valence-corrected chi connectivity index (χ1v) is 22.2. The first-order valence-electron chi connectivity index (χ1n) is 20.7. The van der Waals surface area contributed by atoms with Gasteiger partial charge in [0.2, 0.25) is 27.7 Å². The van der Waals surface area contributed by atoms with Crippen LogP contribution in [0.1, 0.15) is 106 Å². The summed E-state index contributed by atoms with van der Waals surface area (Å²) < 4.78 is 87.4. The van der Waals surface area contributed by atoms with Gasteiger partial charge in [-0.3, -0.25) is 23.9 Å². The number of alkyl halides is 2. The van der Waals surface area contributed by atoms with E-state index in [1.165, 1.54) is 23.2 Å². The molecule has 2 aromatic rings. The van der Waals surface area contributed by atoms with E-state index in [0.717, 1.165) is 13.8 Å². The highest BCUT2D eigenvalue weighted by Gasteiger charge is 2.63. The lowest BCUT2D eigenvalue weighted by Gasteiger charge is -2.34. The number of amides is 2. The fourth-order valence-corrected chi connectivity index (χ4v) is 9.90. The van der Waals surface area contributed by atoms with Gasteiger partial charge in [0, 0.05) is 24.4 Å². The molecule has 324 valence electrons. The van der Waals surface area contributed by atoms with Crippen molar-refractivity contribution in [3.05, 3.63) is 42.4 Å². The summed E-state index contributed by atoms with van der Waals surface area (Å²) in [6.45, 7) is 9.48. The smallest absolute Gasteiger partial charge is 0.307 e. The number of ketones is 1. The Morgan fingerprint density at radius 1 is 1.14 bits per heavy atom. The second kappa shape index (κ2) is 17.0. The number of halogens is 3. The van der Waals surface area contributed by atoms with Gasteiger partial charge in [0.05, 0.1) is 41.7 Å². The van der Waals surface area contributed by atoms with E-state index in [1.54, 1.807) is 19.9 Å². The summed E-state index contributed by atoms with van der Waals surface area (Å²) in [5.41, 5.74) is -3.49. The third-order valence-electron chi connectivity index (χ3n) is 12.8. The van der Waals surface area contributed by atoms with Crippen molar-refractivity contribution in [2.24, 2.45) is 29.1 Å². The number of nitrogens with one attached hydrogen (secondary N) is 1. The Bertz CT molecular complexity index is 2090. The number of hydrogen-bond donors (Lipinski definition) is 1. The molecule has 59 heavy (non-hydrogen) atoms. The zero-order chi connectivity index (χ0) is 43.1. The van der Waals surface area contributed by atoms with E-state index in [2.05, 4.69) is 9.71 Å². The maximum atomic E-state index is 15.1. The molecule has 0 unspecified atom stereocenters. The number of carbonyl (C=O) groups is 4. The maximum Gasteiger partial charge on any atom is 0.307 e. The first-order chi connectivity index (χ1) is 27.7. The van der Waals surface area contributed by atoms with Gasteiger partial charge < -0.3 is 19.1 Å². The number of allylic oxidation sites excluding steroid dienone is 2. The third-order valence-corrected chi connectivity index (χ3v) is 14.9. The van der Waals surface area contributed by atoms with Crippen LogP contribution >= 0.6 is 0 Å². The minimum atomic E-state index is -4.03. The summed E-state index contributed by atoms with van der Waals surface area (Å²) in [7, 11) is -4.03. The summed E-state index contributed by atoms with van der Waals surface area (Å²) in [6.07, 6.45) is 3.83. The molecule has 12 nitrogen and oxygen atoms in total. The Morgan fingerprint density at radius 2 is 1.86 bits per heavy atom. The zero-order valence-corrected chi connectivity index (χ0v) is 35.4. The Labute approximate surface area is 344 Å². The molecule has 2 amide bonds. The molecular weight excluding hydrogens is 792 g/mol. The molecule has 16 heteroatoms. The van der Waals surface area contributed by atoms with Crippen LogP contribution in [0.15, 0.2) is 36.5 Å². The van der Waals surface area contributed by atoms with Gasteiger partial charge in [-0.25, -0.2) is 26.6 Å². The Morgan fingerprint density at radius 3 is 2.53 bits per heavy atom. The van der Waals surface area contributed by atoms with E-state index >= 15 is 4.39 Å². The number of ether oxygens (including phenoxy) is 3. The van der Waals surface area contributed by atoms with Gasteiger partial charge in [0.1, 0.15) is 6.10 Å². The number of fused-ring (bicyclic) bond motifs is 3. The molecule has 1 aromatic heterocycles. The van der Waals surface area contributed by atoms with Gasteiger partial charge in [0.15, 0.2) is 23.0 Å². The fourth-order valence-electron chi connectivity index (χ4n) is 8.57. The largest absolute Gasteiger partial charge is 0.491 e. The van der Waals surface area contributed by atoms with Crippen molar-refractivity contribution in [2.75, 3.05) is 13.2 Å². The number of pyridine rings is 1. The molecular formula is C43H56F3N3O9S. The second-order valence-corrected chi connectivity index (χ2v) is 19.9. The van der Waals surface area contributed by atoms with Crippen LogP contribution in [0.3, 0.4) is 0 Å². The van der Waals surface area contributed by atoms with Gasteiger partial charge in [-0.2, -0.15) is 0 Å². The van der Waals surface area contributed by atoms with Crippen molar-refractivity contribution in [3.63, 3.8) is 0 Å². The van der Waals surface area contributed by atoms with E-state index < -0.39 is 97.9 Å². The molecule has 3 fully saturated rings. The second-order valence-electron chi connectivity index (χ2n) is 17.7. The molecule has 1 aromatic carbocycles. The number of rotatable bonds is 12. The molecule has 4 aliphatic rings. The van der Waals surface area contributed by atoms with Crippen LogP contribution in [0.25, 0.3) is 10.8 Å². The molecule has 0 spiro atoms. The van der Waals surface area contributed by atoms with Crippen LogP contribution in [0.4, 0.5) is 13.2 Å². The molecule has 0 bridgehead atoms. The van der Waals surface area contributed by atoms with Crippen LogP contribution in [0, 0.1) is 34.9 Å². The van der Waals surface area contributed by atoms with Crippen LogP contribution in [-0.2, 0) is 33.9 Å². The number of carbonyl (C=O) groups excluding carboxylic acids is 4. The fraction of sp³-hybridized carbons (Fsp3) is 0.651. The van der Waals surface area contributed by atoms with Crippen LogP contribution < -0.4 is 14.2 Å². The van der Waals surface area contributed by atoms with Gasteiger partial charge in [-0.1, -0.05) is 32.4 Å². The first kappa shape index (κ1) is 44.3. The summed E-state index contributed by atoms with van der Waals surface area (Å²) in [5, 5.41) is 0.896. The van der Waals surface area contributed by atoms with E-state index in [1.807, 2.05) is 26.0 Å². The lowest BCUT2D eigenvalue weighted by molar-refractivity contribution is -0.174. The normalized spacial score (nSPS) is 29.2. The molecule has 1 saturated heterocycles. The number of aromatic nitrogens is 1. The van der Waals surface area contributed by atoms with Crippen LogP contribution in [-0.4, -0.2) is 83.9 Å². The summed E-state index contributed by atoms with van der Waals surface area (Å²) in [4.78, 5) is 62.8. The lowest BCUT2D eigenvalue weighted by Crippen LogP contribution is -2.48. The van der Waals surface area contributed by atoms with Gasteiger partial charge >= 0.3 is 5.97 Å². The van der Waals surface area contributed by atoms with Crippen molar-refractivity contribution in [2.45, 2.75) is 135 Å². The highest BCUT2D eigenvalue weighted by atomic mass is 32.2. The predicted molar refractivity (Wildman–Crippen MR) is 212 cm³/mol. The molecule has 1 N–H and O–H groups in total. The predicted octanol–water partition coefficient (Wildman–Crippen LogP) is 7.08. The van der Waals surface area contributed by atoms with Crippen molar-refractivity contribution in [3.8, 4) is 11.6 Å².